The van der Waals surface area contributed by atoms with Crippen LogP contribution in [0.15, 0.2) is 76.1 Å². The molecule has 0 aliphatic heterocycles. The van der Waals surface area contributed by atoms with E-state index in [0.29, 0.717) is 5.69 Å². The molecule has 7 nitrogen and oxygen atoms in total. The van der Waals surface area contributed by atoms with Crippen molar-refractivity contribution in [3.63, 3.8) is 0 Å². The first-order chi connectivity index (χ1) is 14.2. The molecule has 10 heteroatoms. The van der Waals surface area contributed by atoms with E-state index < -0.39 is 21.9 Å². The molecule has 1 amide bonds. The largest absolute Gasteiger partial charge is 0.478 e. The number of halogens is 2. The smallest absolute Gasteiger partial charge is 0.335 e. The Labute approximate surface area is 185 Å². The fraction of sp³-hybridized carbons (Fsp3) is 0. The van der Waals surface area contributed by atoms with Crippen LogP contribution in [0.2, 0.25) is 5.02 Å². The molecule has 0 radical (unpaired) electrons. The maximum Gasteiger partial charge on any atom is 0.335 e. The van der Waals surface area contributed by atoms with Gasteiger partial charge in [0.2, 0.25) is 0 Å². The van der Waals surface area contributed by atoms with Crippen LogP contribution in [0.5, 0.6) is 0 Å². The molecule has 0 bridgehead atoms. The Bertz CT molecular complexity index is 1210. The van der Waals surface area contributed by atoms with Crippen molar-refractivity contribution in [2.45, 2.75) is 4.90 Å². The van der Waals surface area contributed by atoms with E-state index in [1.54, 1.807) is 24.3 Å². The fourth-order valence-corrected chi connectivity index (χ4v) is 4.02. The molecule has 0 unspecified atom stereocenters. The standard InChI is InChI=1S/C20H14BrClN2O5S/c21-13-3-7-14(8-4-13)23-19(25)17-11-16(9-10-18(17)22)30(28,29)24-15-5-1-12(2-6-15)20(26)27/h1-11,24H,(H,23,25)(H,26,27). The van der Waals surface area contributed by atoms with E-state index in [-0.39, 0.29) is 26.7 Å². The van der Waals surface area contributed by atoms with Gasteiger partial charge in [-0.3, -0.25) is 9.52 Å². The maximum absolute atomic E-state index is 12.7. The number of rotatable bonds is 6. The number of aromatic carboxylic acids is 1. The summed E-state index contributed by atoms with van der Waals surface area (Å²) in [5.74, 6) is -1.69. The molecule has 0 saturated carbocycles. The Morgan fingerprint density at radius 2 is 1.50 bits per heavy atom. The second-order valence-electron chi connectivity index (χ2n) is 6.09. The SMILES string of the molecule is O=C(O)c1ccc(NS(=O)(=O)c2ccc(Cl)c(C(=O)Nc3ccc(Br)cc3)c2)cc1. The second-order valence-corrected chi connectivity index (χ2v) is 9.10. The molecule has 0 atom stereocenters. The van der Waals surface area contributed by atoms with Crippen LogP contribution in [0.3, 0.4) is 0 Å². The summed E-state index contributed by atoms with van der Waals surface area (Å²) in [7, 11) is -4.04. The van der Waals surface area contributed by atoms with Crippen LogP contribution in [0.4, 0.5) is 11.4 Å². The number of carboxylic acids is 1. The number of carboxylic acid groups (broad SMARTS) is 1. The number of carbonyl (C=O) groups excluding carboxylic acids is 1. The zero-order valence-corrected chi connectivity index (χ0v) is 18.3. The van der Waals surface area contributed by atoms with Gasteiger partial charge in [-0.15, -0.1) is 0 Å². The highest BCUT2D eigenvalue weighted by atomic mass is 79.9. The molecular weight excluding hydrogens is 496 g/mol. The topological polar surface area (TPSA) is 113 Å². The molecule has 0 aromatic heterocycles. The molecule has 0 fully saturated rings. The molecule has 0 heterocycles. The molecule has 0 spiro atoms. The predicted octanol–water partition coefficient (Wildman–Crippen LogP) is 4.85. The lowest BCUT2D eigenvalue weighted by Crippen LogP contribution is -2.16. The first-order valence-electron chi connectivity index (χ1n) is 8.38. The quantitative estimate of drug-likeness (QED) is 0.439. The van der Waals surface area contributed by atoms with Gasteiger partial charge in [0.1, 0.15) is 0 Å². The summed E-state index contributed by atoms with van der Waals surface area (Å²) in [5.41, 5.74) is 0.708. The van der Waals surface area contributed by atoms with Gasteiger partial charge < -0.3 is 10.4 Å². The van der Waals surface area contributed by atoms with Crippen LogP contribution >= 0.6 is 27.5 Å². The van der Waals surface area contributed by atoms with Gasteiger partial charge in [0.05, 0.1) is 21.0 Å². The Morgan fingerprint density at radius 1 is 0.900 bits per heavy atom. The fourth-order valence-electron chi connectivity index (χ4n) is 2.47. The average molecular weight is 510 g/mol. The van der Waals surface area contributed by atoms with Gasteiger partial charge in [-0.25, -0.2) is 13.2 Å². The van der Waals surface area contributed by atoms with Crippen molar-refractivity contribution in [3.8, 4) is 0 Å². The van der Waals surface area contributed by atoms with E-state index in [1.165, 1.54) is 42.5 Å². The van der Waals surface area contributed by atoms with E-state index in [9.17, 15) is 18.0 Å². The summed E-state index contributed by atoms with van der Waals surface area (Å²) < 4.78 is 28.6. The minimum Gasteiger partial charge on any atom is -0.478 e. The van der Waals surface area contributed by atoms with Gasteiger partial charge >= 0.3 is 5.97 Å². The van der Waals surface area contributed by atoms with Crippen LogP contribution < -0.4 is 10.0 Å². The number of hydrogen-bond acceptors (Lipinski definition) is 4. The lowest BCUT2D eigenvalue weighted by Gasteiger charge is -2.11. The number of amides is 1. The summed E-state index contributed by atoms with van der Waals surface area (Å²) in [5, 5.41) is 11.7. The Hall–Kier alpha value is -2.88. The van der Waals surface area contributed by atoms with Gasteiger partial charge in [0.25, 0.3) is 15.9 Å². The molecular formula is C20H14BrClN2O5S. The predicted molar refractivity (Wildman–Crippen MR) is 118 cm³/mol. The van der Waals surface area contributed by atoms with Crippen LogP contribution in [0.25, 0.3) is 0 Å². The molecule has 3 N–H and O–H groups in total. The number of benzene rings is 3. The molecule has 0 aliphatic rings. The highest BCUT2D eigenvalue weighted by Gasteiger charge is 2.19. The third kappa shape index (κ3) is 5.18. The first-order valence-corrected chi connectivity index (χ1v) is 11.0. The summed E-state index contributed by atoms with van der Waals surface area (Å²) in [6.45, 7) is 0. The maximum atomic E-state index is 12.7. The van der Waals surface area contributed by atoms with Crippen molar-refractivity contribution in [1.29, 1.82) is 0 Å². The Balaban J connectivity index is 1.84. The van der Waals surface area contributed by atoms with Gasteiger partial charge in [-0.2, -0.15) is 0 Å². The monoisotopic (exact) mass is 508 g/mol. The molecule has 154 valence electrons. The number of nitrogens with one attached hydrogen (secondary N) is 2. The normalized spacial score (nSPS) is 11.0. The van der Waals surface area contributed by atoms with E-state index >= 15 is 0 Å². The molecule has 3 aromatic carbocycles. The molecule has 30 heavy (non-hydrogen) atoms. The van der Waals surface area contributed by atoms with Crippen molar-refractivity contribution in [1.82, 2.24) is 0 Å². The minimum absolute atomic E-state index is 0.0105. The van der Waals surface area contributed by atoms with Crippen molar-refractivity contribution < 1.29 is 23.1 Å². The molecule has 0 aliphatic carbocycles. The summed E-state index contributed by atoms with van der Waals surface area (Å²) in [4.78, 5) is 23.3. The van der Waals surface area contributed by atoms with Gasteiger partial charge in [0.15, 0.2) is 0 Å². The lowest BCUT2D eigenvalue weighted by molar-refractivity contribution is 0.0696. The average Bonchev–Trinajstić information content (AvgIpc) is 2.70. The van der Waals surface area contributed by atoms with E-state index in [2.05, 4.69) is 26.0 Å². The van der Waals surface area contributed by atoms with E-state index in [1.807, 2.05) is 0 Å². The number of anilines is 2. The van der Waals surface area contributed by atoms with Crippen LogP contribution in [-0.2, 0) is 10.0 Å². The van der Waals surface area contributed by atoms with Crippen molar-refractivity contribution in [3.05, 3.63) is 87.4 Å². The zero-order valence-electron chi connectivity index (χ0n) is 15.1. The molecule has 3 rings (SSSR count). The highest BCUT2D eigenvalue weighted by molar-refractivity contribution is 9.10. The summed E-state index contributed by atoms with van der Waals surface area (Å²) >= 11 is 9.40. The van der Waals surface area contributed by atoms with Gasteiger partial charge in [0, 0.05) is 15.8 Å². The minimum atomic E-state index is -4.04. The van der Waals surface area contributed by atoms with Crippen LogP contribution in [-0.4, -0.2) is 25.4 Å². The summed E-state index contributed by atoms with van der Waals surface area (Å²) in [6, 6.07) is 15.8. The van der Waals surface area contributed by atoms with E-state index in [4.69, 9.17) is 16.7 Å². The zero-order chi connectivity index (χ0) is 21.9. The highest BCUT2D eigenvalue weighted by Crippen LogP contribution is 2.24. The Morgan fingerprint density at radius 3 is 2.10 bits per heavy atom. The van der Waals surface area contributed by atoms with Gasteiger partial charge in [-0.05, 0) is 66.7 Å². The Kier molecular flexibility index (Phi) is 6.45. The molecule has 0 saturated heterocycles. The molecule has 3 aromatic rings. The third-order valence-corrected chi connectivity index (χ3v) is 6.22. The van der Waals surface area contributed by atoms with Crippen LogP contribution in [0, 0.1) is 0 Å². The second kappa shape index (κ2) is 8.86. The number of sulfonamides is 1. The van der Waals surface area contributed by atoms with Crippen molar-refractivity contribution in [2.75, 3.05) is 10.0 Å². The number of hydrogen-bond donors (Lipinski definition) is 3. The van der Waals surface area contributed by atoms with E-state index in [0.717, 1.165) is 4.47 Å². The number of carbonyl (C=O) groups is 2. The van der Waals surface area contributed by atoms with Crippen molar-refractivity contribution in [2.24, 2.45) is 0 Å². The first kappa shape index (κ1) is 21.8. The van der Waals surface area contributed by atoms with Gasteiger partial charge in [-0.1, -0.05) is 27.5 Å². The van der Waals surface area contributed by atoms with Crippen molar-refractivity contribution >= 4 is 60.8 Å². The third-order valence-electron chi connectivity index (χ3n) is 3.98. The summed E-state index contributed by atoms with van der Waals surface area (Å²) in [6.07, 6.45) is 0. The van der Waals surface area contributed by atoms with Crippen LogP contribution in [0.1, 0.15) is 20.7 Å². The lowest BCUT2D eigenvalue weighted by atomic mass is 10.2.